The predicted octanol–water partition coefficient (Wildman–Crippen LogP) is 15.3. The Morgan fingerprint density at radius 3 is 1.35 bits per heavy atom. The lowest BCUT2D eigenvalue weighted by Crippen LogP contribution is -1.93. The molecule has 0 heterocycles. The molecule has 0 heteroatoms. The summed E-state index contributed by atoms with van der Waals surface area (Å²) < 4.78 is 0. The Balaban J connectivity index is 1.19. The van der Waals surface area contributed by atoms with Crippen molar-refractivity contribution in [2.45, 2.75) is 0 Å². The SMILES string of the molecule is c1ccc2c(-c3ccc4c(-c5ccc(-c6cc7ccccc7c7ccccc67)cc5)c5ccccc5c(-c5cccc6ccccc56)c4c3)cccc2c1. The fraction of sp³-hybridized carbons (Fsp3) is 0. The average Bonchev–Trinajstić information content (AvgIpc) is 3.25. The van der Waals surface area contributed by atoms with Crippen molar-refractivity contribution >= 4 is 64.6 Å². The lowest BCUT2D eigenvalue weighted by molar-refractivity contribution is 1.64. The molecular formula is C54H34. The van der Waals surface area contributed by atoms with Gasteiger partial charge >= 0.3 is 0 Å². The lowest BCUT2D eigenvalue weighted by atomic mass is 9.83. The van der Waals surface area contributed by atoms with E-state index in [2.05, 4.69) is 206 Å². The zero-order valence-corrected chi connectivity index (χ0v) is 29.6. The highest BCUT2D eigenvalue weighted by Crippen LogP contribution is 2.47. The Bertz CT molecular complexity index is 3250. The highest BCUT2D eigenvalue weighted by atomic mass is 14.2. The highest BCUT2D eigenvalue weighted by molar-refractivity contribution is 6.24. The fourth-order valence-corrected chi connectivity index (χ4v) is 8.98. The van der Waals surface area contributed by atoms with Crippen molar-refractivity contribution in [3.63, 3.8) is 0 Å². The summed E-state index contributed by atoms with van der Waals surface area (Å²) in [5, 5.41) is 15.2. The van der Waals surface area contributed by atoms with Crippen LogP contribution in [0.1, 0.15) is 0 Å². The van der Waals surface area contributed by atoms with Crippen LogP contribution in [0.15, 0.2) is 206 Å². The van der Waals surface area contributed by atoms with Crippen molar-refractivity contribution in [3.05, 3.63) is 206 Å². The van der Waals surface area contributed by atoms with Crippen molar-refractivity contribution in [1.29, 1.82) is 0 Å². The fourth-order valence-electron chi connectivity index (χ4n) is 8.98. The van der Waals surface area contributed by atoms with Gasteiger partial charge in [-0.15, -0.1) is 0 Å². The van der Waals surface area contributed by atoms with Crippen molar-refractivity contribution in [1.82, 2.24) is 0 Å². The number of benzene rings is 11. The minimum Gasteiger partial charge on any atom is -0.0616 e. The number of hydrogen-bond donors (Lipinski definition) is 0. The second-order valence-corrected chi connectivity index (χ2v) is 14.4. The monoisotopic (exact) mass is 682 g/mol. The molecule has 0 amide bonds. The van der Waals surface area contributed by atoms with E-state index in [-0.39, 0.29) is 0 Å². The molecule has 0 aromatic heterocycles. The van der Waals surface area contributed by atoms with Gasteiger partial charge in [-0.3, -0.25) is 0 Å². The van der Waals surface area contributed by atoms with Gasteiger partial charge in [-0.05, 0) is 121 Å². The van der Waals surface area contributed by atoms with Crippen LogP contribution in [0.25, 0.3) is 109 Å². The van der Waals surface area contributed by atoms with E-state index in [1.165, 1.54) is 109 Å². The van der Waals surface area contributed by atoms with E-state index < -0.39 is 0 Å². The normalized spacial score (nSPS) is 11.7. The first kappa shape index (κ1) is 30.6. The average molecular weight is 683 g/mol. The molecule has 0 nitrogen and oxygen atoms in total. The first-order valence-electron chi connectivity index (χ1n) is 18.8. The smallest absolute Gasteiger partial charge is 0.00199 e. The standard InChI is InChI=1S/C54H34/c1-4-18-41-35(13-1)16-11-25-43(41)40-31-32-50-52(34-40)54(47-26-12-17-36-14-2-5-19-42(36)47)49-24-10-9-23-48(49)53(50)38-29-27-37(28-30-38)51-33-39-15-3-6-20-44(39)45-21-7-8-22-46(45)51/h1-34H. The van der Waals surface area contributed by atoms with E-state index in [4.69, 9.17) is 0 Å². The van der Waals surface area contributed by atoms with Crippen molar-refractivity contribution < 1.29 is 0 Å². The Kier molecular flexibility index (Phi) is 6.97. The van der Waals surface area contributed by atoms with Gasteiger partial charge in [0.25, 0.3) is 0 Å². The first-order chi connectivity index (χ1) is 26.8. The van der Waals surface area contributed by atoms with E-state index in [9.17, 15) is 0 Å². The molecule has 250 valence electrons. The third-order valence-electron chi connectivity index (χ3n) is 11.4. The van der Waals surface area contributed by atoms with Gasteiger partial charge in [0, 0.05) is 0 Å². The van der Waals surface area contributed by atoms with Crippen LogP contribution in [0, 0.1) is 0 Å². The zero-order chi connectivity index (χ0) is 35.6. The molecule has 11 aromatic carbocycles. The molecule has 11 aromatic rings. The summed E-state index contributed by atoms with van der Waals surface area (Å²) in [4.78, 5) is 0. The molecular weight excluding hydrogens is 649 g/mol. The van der Waals surface area contributed by atoms with Crippen molar-refractivity contribution in [2.75, 3.05) is 0 Å². The molecule has 0 aliphatic rings. The second-order valence-electron chi connectivity index (χ2n) is 14.4. The molecule has 0 unspecified atom stereocenters. The summed E-state index contributed by atoms with van der Waals surface area (Å²) in [6.45, 7) is 0. The highest BCUT2D eigenvalue weighted by Gasteiger charge is 2.19. The second kappa shape index (κ2) is 12.3. The molecule has 0 saturated carbocycles. The topological polar surface area (TPSA) is 0 Å². The molecule has 0 atom stereocenters. The maximum absolute atomic E-state index is 2.44. The quantitative estimate of drug-likeness (QED) is 0.128. The Morgan fingerprint density at radius 1 is 0.185 bits per heavy atom. The Labute approximate surface area is 314 Å². The molecule has 0 aliphatic carbocycles. The van der Waals surface area contributed by atoms with E-state index in [0.717, 1.165) is 0 Å². The largest absolute Gasteiger partial charge is 0.0616 e. The molecule has 0 saturated heterocycles. The molecule has 0 radical (unpaired) electrons. The summed E-state index contributed by atoms with van der Waals surface area (Å²) in [6, 6.07) is 76.2. The van der Waals surface area contributed by atoms with Crippen molar-refractivity contribution in [2.24, 2.45) is 0 Å². The molecule has 0 bridgehead atoms. The minimum absolute atomic E-state index is 1.22. The number of rotatable bonds is 4. The maximum Gasteiger partial charge on any atom is -0.00199 e. The molecule has 0 N–H and O–H groups in total. The van der Waals surface area contributed by atoms with E-state index in [0.29, 0.717) is 0 Å². The van der Waals surface area contributed by atoms with Gasteiger partial charge in [0.05, 0.1) is 0 Å². The zero-order valence-electron chi connectivity index (χ0n) is 29.6. The first-order valence-corrected chi connectivity index (χ1v) is 18.8. The third kappa shape index (κ3) is 4.78. The van der Waals surface area contributed by atoms with E-state index in [1.54, 1.807) is 0 Å². The minimum atomic E-state index is 1.22. The molecule has 0 spiro atoms. The lowest BCUT2D eigenvalue weighted by Gasteiger charge is -2.20. The van der Waals surface area contributed by atoms with Gasteiger partial charge in [-0.25, -0.2) is 0 Å². The van der Waals surface area contributed by atoms with Gasteiger partial charge in [0.2, 0.25) is 0 Å². The predicted molar refractivity (Wildman–Crippen MR) is 233 cm³/mol. The number of hydrogen-bond acceptors (Lipinski definition) is 0. The van der Waals surface area contributed by atoms with Crippen LogP contribution >= 0.6 is 0 Å². The van der Waals surface area contributed by atoms with Crippen LogP contribution in [-0.2, 0) is 0 Å². The summed E-state index contributed by atoms with van der Waals surface area (Å²) >= 11 is 0. The van der Waals surface area contributed by atoms with E-state index >= 15 is 0 Å². The van der Waals surface area contributed by atoms with Crippen LogP contribution < -0.4 is 0 Å². The van der Waals surface area contributed by atoms with Crippen LogP contribution in [0.2, 0.25) is 0 Å². The maximum atomic E-state index is 2.44. The Morgan fingerprint density at radius 2 is 0.648 bits per heavy atom. The summed E-state index contributed by atoms with van der Waals surface area (Å²) in [5.41, 5.74) is 9.98. The summed E-state index contributed by atoms with van der Waals surface area (Å²) in [5.74, 6) is 0. The summed E-state index contributed by atoms with van der Waals surface area (Å²) in [7, 11) is 0. The van der Waals surface area contributed by atoms with Crippen molar-refractivity contribution in [3.8, 4) is 44.5 Å². The van der Waals surface area contributed by atoms with E-state index in [1.807, 2.05) is 0 Å². The number of fused-ring (bicyclic) bond motifs is 7. The van der Waals surface area contributed by atoms with Crippen LogP contribution in [0.5, 0.6) is 0 Å². The van der Waals surface area contributed by atoms with Gasteiger partial charge in [0.1, 0.15) is 0 Å². The molecule has 0 fully saturated rings. The summed E-state index contributed by atoms with van der Waals surface area (Å²) in [6.07, 6.45) is 0. The Hall–Kier alpha value is -7.02. The molecule has 54 heavy (non-hydrogen) atoms. The third-order valence-corrected chi connectivity index (χ3v) is 11.4. The van der Waals surface area contributed by atoms with Gasteiger partial charge in [-0.2, -0.15) is 0 Å². The molecule has 11 rings (SSSR count). The molecule has 0 aliphatic heterocycles. The van der Waals surface area contributed by atoms with Gasteiger partial charge in [0.15, 0.2) is 0 Å². The van der Waals surface area contributed by atoms with Crippen LogP contribution in [0.3, 0.4) is 0 Å². The van der Waals surface area contributed by atoms with Crippen LogP contribution in [0.4, 0.5) is 0 Å². The van der Waals surface area contributed by atoms with Crippen LogP contribution in [-0.4, -0.2) is 0 Å². The van der Waals surface area contributed by atoms with Gasteiger partial charge in [-0.1, -0.05) is 194 Å². The van der Waals surface area contributed by atoms with Gasteiger partial charge < -0.3 is 0 Å².